The van der Waals surface area contributed by atoms with Crippen LogP contribution in [0.4, 0.5) is 0 Å². The number of thioether (sulfide) groups is 1. The van der Waals surface area contributed by atoms with Crippen molar-refractivity contribution in [2.75, 3.05) is 25.9 Å². The highest BCUT2D eigenvalue weighted by atomic mass is 32.2. The lowest BCUT2D eigenvalue weighted by Crippen LogP contribution is -2.39. The highest BCUT2D eigenvalue weighted by Gasteiger charge is 2.40. The monoisotopic (exact) mass is 262 g/mol. The van der Waals surface area contributed by atoms with Crippen LogP contribution in [0.5, 0.6) is 0 Å². The predicted octanol–water partition coefficient (Wildman–Crippen LogP) is 1.84. The van der Waals surface area contributed by atoms with E-state index in [2.05, 4.69) is 10.2 Å². The Kier molecular flexibility index (Phi) is 3.31. The molecule has 18 heavy (non-hydrogen) atoms. The average Bonchev–Trinajstić information content (AvgIpc) is 3.00. The lowest BCUT2D eigenvalue weighted by molar-refractivity contribution is 0.0733. The first-order valence-electron chi connectivity index (χ1n) is 6.46. The zero-order valence-corrected chi connectivity index (χ0v) is 11.4. The van der Waals surface area contributed by atoms with Gasteiger partial charge in [-0.15, -0.1) is 11.8 Å². The number of carbonyl (C=O) groups excluding carboxylic acids is 1. The molecule has 2 atom stereocenters. The fourth-order valence-corrected chi connectivity index (χ4v) is 3.67. The number of fused-ring (bicyclic) bond motifs is 1. The summed E-state index contributed by atoms with van der Waals surface area (Å²) in [6.45, 7) is 2.94. The van der Waals surface area contributed by atoms with E-state index in [0.29, 0.717) is 12.0 Å². The topological polar surface area (TPSA) is 32.3 Å². The molecule has 0 radical (unpaired) electrons. The third-order valence-corrected chi connectivity index (χ3v) is 4.84. The molecule has 96 valence electrons. The minimum absolute atomic E-state index is 0.205. The maximum Gasteiger partial charge on any atom is 0.255 e. The van der Waals surface area contributed by atoms with Gasteiger partial charge in [0, 0.05) is 30.6 Å². The van der Waals surface area contributed by atoms with Crippen molar-refractivity contribution in [3.05, 3.63) is 29.8 Å². The van der Waals surface area contributed by atoms with Gasteiger partial charge in [0.2, 0.25) is 0 Å². The number of amides is 1. The molecule has 2 saturated heterocycles. The molecule has 0 spiro atoms. The summed E-state index contributed by atoms with van der Waals surface area (Å²) in [4.78, 5) is 15.8. The number of rotatable bonds is 2. The van der Waals surface area contributed by atoms with Crippen molar-refractivity contribution in [2.45, 2.75) is 17.4 Å². The van der Waals surface area contributed by atoms with Gasteiger partial charge in [-0.2, -0.15) is 0 Å². The predicted molar refractivity (Wildman–Crippen MR) is 74.0 cm³/mol. The Balaban J connectivity index is 1.86. The molecule has 0 unspecified atom stereocenters. The van der Waals surface area contributed by atoms with E-state index < -0.39 is 0 Å². The maximum absolute atomic E-state index is 12.7. The van der Waals surface area contributed by atoms with E-state index in [0.717, 1.165) is 36.5 Å². The summed E-state index contributed by atoms with van der Waals surface area (Å²) in [5, 5.41) is 3.39. The number of hydrogen-bond donors (Lipinski definition) is 1. The van der Waals surface area contributed by atoms with Crippen molar-refractivity contribution in [2.24, 2.45) is 5.92 Å². The lowest BCUT2D eigenvalue weighted by Gasteiger charge is -2.24. The third kappa shape index (κ3) is 1.93. The fourth-order valence-electron chi connectivity index (χ4n) is 3.08. The first kappa shape index (κ1) is 12.1. The highest BCUT2D eigenvalue weighted by Crippen LogP contribution is 2.30. The van der Waals surface area contributed by atoms with Crippen molar-refractivity contribution in [3.63, 3.8) is 0 Å². The molecule has 1 aromatic rings. The average molecular weight is 262 g/mol. The summed E-state index contributed by atoms with van der Waals surface area (Å²) in [7, 11) is 0. The second kappa shape index (κ2) is 4.94. The standard InChI is InChI=1S/C14H18N2OS/c1-18-13-5-3-2-4-11(13)14(17)16-7-6-10-8-15-9-12(10)16/h2-5,10,12,15H,6-9H2,1H3/t10-,12+/m0/s1. The fraction of sp³-hybridized carbons (Fsp3) is 0.500. The lowest BCUT2D eigenvalue weighted by atomic mass is 10.0. The SMILES string of the molecule is CSc1ccccc1C(=O)N1CC[C@H]2CNC[C@H]21. The summed E-state index contributed by atoms with van der Waals surface area (Å²) in [6.07, 6.45) is 3.17. The number of nitrogens with one attached hydrogen (secondary N) is 1. The molecule has 1 N–H and O–H groups in total. The summed E-state index contributed by atoms with van der Waals surface area (Å²) < 4.78 is 0. The van der Waals surface area contributed by atoms with E-state index in [1.165, 1.54) is 0 Å². The van der Waals surface area contributed by atoms with Crippen LogP contribution in [0.1, 0.15) is 16.8 Å². The summed E-state index contributed by atoms with van der Waals surface area (Å²) in [5.74, 6) is 0.867. The largest absolute Gasteiger partial charge is 0.334 e. The van der Waals surface area contributed by atoms with E-state index in [4.69, 9.17) is 0 Å². The summed E-state index contributed by atoms with van der Waals surface area (Å²) in [5.41, 5.74) is 0.859. The van der Waals surface area contributed by atoms with Crippen LogP contribution in [-0.2, 0) is 0 Å². The number of hydrogen-bond acceptors (Lipinski definition) is 3. The van der Waals surface area contributed by atoms with Crippen molar-refractivity contribution in [3.8, 4) is 0 Å². The number of nitrogens with zero attached hydrogens (tertiary/aromatic N) is 1. The number of carbonyl (C=O) groups is 1. The van der Waals surface area contributed by atoms with Gasteiger partial charge in [-0.1, -0.05) is 12.1 Å². The van der Waals surface area contributed by atoms with Gasteiger partial charge in [0.1, 0.15) is 0 Å². The van der Waals surface area contributed by atoms with E-state index in [1.807, 2.05) is 30.5 Å². The first-order chi connectivity index (χ1) is 8.81. The van der Waals surface area contributed by atoms with Crippen LogP contribution < -0.4 is 5.32 Å². The van der Waals surface area contributed by atoms with Crippen LogP contribution in [-0.4, -0.2) is 42.7 Å². The van der Waals surface area contributed by atoms with Gasteiger partial charge in [0.25, 0.3) is 5.91 Å². The van der Waals surface area contributed by atoms with Crippen LogP contribution in [0, 0.1) is 5.92 Å². The normalized spacial score (nSPS) is 26.4. The number of benzene rings is 1. The van der Waals surface area contributed by atoms with E-state index in [9.17, 15) is 4.79 Å². The Labute approximate surface area is 112 Å². The van der Waals surface area contributed by atoms with E-state index in [1.54, 1.807) is 11.8 Å². The molecule has 1 amide bonds. The zero-order valence-electron chi connectivity index (χ0n) is 10.6. The van der Waals surface area contributed by atoms with E-state index >= 15 is 0 Å². The number of likely N-dealkylation sites (tertiary alicyclic amines) is 1. The second-order valence-corrected chi connectivity index (χ2v) is 5.82. The highest BCUT2D eigenvalue weighted by molar-refractivity contribution is 7.98. The molecule has 1 aromatic carbocycles. The van der Waals surface area contributed by atoms with Crippen LogP contribution in [0.25, 0.3) is 0 Å². The summed E-state index contributed by atoms with van der Waals surface area (Å²) in [6, 6.07) is 8.33. The molecule has 0 aliphatic carbocycles. The molecular formula is C14H18N2OS. The van der Waals surface area contributed by atoms with Crippen LogP contribution in [0.2, 0.25) is 0 Å². The van der Waals surface area contributed by atoms with Crippen molar-refractivity contribution in [1.82, 2.24) is 10.2 Å². The van der Waals surface area contributed by atoms with Gasteiger partial charge in [0.15, 0.2) is 0 Å². The van der Waals surface area contributed by atoms with Gasteiger partial charge in [-0.3, -0.25) is 4.79 Å². The Bertz CT molecular complexity index is 463. The van der Waals surface area contributed by atoms with Gasteiger partial charge in [0.05, 0.1) is 5.56 Å². The molecule has 2 fully saturated rings. The van der Waals surface area contributed by atoms with E-state index in [-0.39, 0.29) is 5.91 Å². The molecule has 3 nitrogen and oxygen atoms in total. The van der Waals surface area contributed by atoms with Crippen LogP contribution in [0.15, 0.2) is 29.2 Å². The zero-order chi connectivity index (χ0) is 12.5. The van der Waals surface area contributed by atoms with Crippen LogP contribution >= 0.6 is 11.8 Å². The molecule has 0 saturated carbocycles. The third-order valence-electron chi connectivity index (χ3n) is 4.04. The minimum atomic E-state index is 0.205. The van der Waals surface area contributed by atoms with Crippen molar-refractivity contribution >= 4 is 17.7 Å². The van der Waals surface area contributed by atoms with Crippen LogP contribution in [0.3, 0.4) is 0 Å². The van der Waals surface area contributed by atoms with Gasteiger partial charge < -0.3 is 10.2 Å². The molecule has 3 rings (SSSR count). The Morgan fingerprint density at radius 2 is 2.22 bits per heavy atom. The molecule has 0 bridgehead atoms. The minimum Gasteiger partial charge on any atom is -0.334 e. The summed E-state index contributed by atoms with van der Waals surface area (Å²) >= 11 is 1.64. The van der Waals surface area contributed by atoms with Gasteiger partial charge in [-0.25, -0.2) is 0 Å². The maximum atomic E-state index is 12.7. The molecule has 2 aliphatic heterocycles. The molecular weight excluding hydrogens is 244 g/mol. The first-order valence-corrected chi connectivity index (χ1v) is 7.68. The molecule has 2 aliphatic rings. The van der Waals surface area contributed by atoms with Gasteiger partial charge >= 0.3 is 0 Å². The quantitative estimate of drug-likeness (QED) is 0.826. The molecule has 0 aromatic heterocycles. The Morgan fingerprint density at radius 3 is 3.06 bits per heavy atom. The van der Waals surface area contributed by atoms with Crippen molar-refractivity contribution < 1.29 is 4.79 Å². The van der Waals surface area contributed by atoms with Gasteiger partial charge in [-0.05, 0) is 30.7 Å². The smallest absolute Gasteiger partial charge is 0.255 e. The molecule has 4 heteroatoms. The molecule has 2 heterocycles. The second-order valence-electron chi connectivity index (χ2n) is 4.97. The Hall–Kier alpha value is -1.00. The van der Waals surface area contributed by atoms with Crippen molar-refractivity contribution in [1.29, 1.82) is 0 Å². The Morgan fingerprint density at radius 1 is 1.39 bits per heavy atom.